The van der Waals surface area contributed by atoms with Crippen molar-refractivity contribution in [3.05, 3.63) is 95.3 Å². The Morgan fingerprint density at radius 2 is 1.75 bits per heavy atom. The standard InChI is InChI=1S/C27H29FN2O2/c1-20-6-5-7-23(18-20)30(27(31)25-8-3-4-9-26(25)28)22-14-16-29(17-15-22)19-21-10-12-24(32-2)13-11-21/h3-13,18,22H,14-17,19H2,1-2H3. The maximum Gasteiger partial charge on any atom is 0.261 e. The van der Waals surface area contributed by atoms with Crippen molar-refractivity contribution in [3.63, 3.8) is 0 Å². The van der Waals surface area contributed by atoms with Gasteiger partial charge >= 0.3 is 0 Å². The summed E-state index contributed by atoms with van der Waals surface area (Å²) in [6.07, 6.45) is 1.68. The third kappa shape index (κ3) is 5.00. The van der Waals surface area contributed by atoms with Crippen molar-refractivity contribution >= 4 is 11.6 Å². The number of aryl methyl sites for hydroxylation is 1. The number of hydrogen-bond donors (Lipinski definition) is 0. The second kappa shape index (κ2) is 9.96. The first-order valence-electron chi connectivity index (χ1n) is 11.0. The van der Waals surface area contributed by atoms with Crippen molar-refractivity contribution in [1.29, 1.82) is 0 Å². The van der Waals surface area contributed by atoms with Crippen LogP contribution >= 0.6 is 0 Å². The maximum atomic E-state index is 14.5. The molecule has 0 radical (unpaired) electrons. The fraction of sp³-hybridized carbons (Fsp3) is 0.296. The Bertz CT molecular complexity index is 1060. The number of likely N-dealkylation sites (tertiary alicyclic amines) is 1. The fourth-order valence-electron chi connectivity index (χ4n) is 4.36. The van der Waals surface area contributed by atoms with Gasteiger partial charge < -0.3 is 9.64 Å². The molecule has 0 saturated carbocycles. The van der Waals surface area contributed by atoms with Crippen LogP contribution in [0.25, 0.3) is 0 Å². The fourth-order valence-corrected chi connectivity index (χ4v) is 4.36. The summed E-state index contributed by atoms with van der Waals surface area (Å²) in [7, 11) is 1.67. The second-order valence-electron chi connectivity index (χ2n) is 8.35. The molecule has 0 unspecified atom stereocenters. The zero-order valence-corrected chi connectivity index (χ0v) is 18.6. The molecule has 0 atom stereocenters. The van der Waals surface area contributed by atoms with Crippen LogP contribution in [-0.4, -0.2) is 37.0 Å². The van der Waals surface area contributed by atoms with Gasteiger partial charge in [-0.25, -0.2) is 4.39 Å². The highest BCUT2D eigenvalue weighted by atomic mass is 19.1. The summed E-state index contributed by atoms with van der Waals surface area (Å²) in [6.45, 7) is 4.63. The van der Waals surface area contributed by atoms with E-state index in [1.807, 2.05) is 43.3 Å². The summed E-state index contributed by atoms with van der Waals surface area (Å²) in [5.74, 6) is 0.0994. The predicted molar refractivity (Wildman–Crippen MR) is 126 cm³/mol. The van der Waals surface area contributed by atoms with E-state index in [0.717, 1.165) is 49.5 Å². The van der Waals surface area contributed by atoms with Gasteiger partial charge in [-0.3, -0.25) is 9.69 Å². The normalized spacial score (nSPS) is 14.8. The van der Waals surface area contributed by atoms with Crippen LogP contribution in [0.5, 0.6) is 5.75 Å². The van der Waals surface area contributed by atoms with Crippen molar-refractivity contribution in [1.82, 2.24) is 4.90 Å². The van der Waals surface area contributed by atoms with Gasteiger partial charge in [-0.15, -0.1) is 0 Å². The molecule has 5 heteroatoms. The highest BCUT2D eigenvalue weighted by Crippen LogP contribution is 2.28. The molecule has 4 nitrogen and oxygen atoms in total. The first kappa shape index (κ1) is 22.0. The molecular formula is C27H29FN2O2. The first-order valence-corrected chi connectivity index (χ1v) is 11.0. The number of carbonyl (C=O) groups excluding carboxylic acids is 1. The van der Waals surface area contributed by atoms with Crippen LogP contribution in [0, 0.1) is 12.7 Å². The largest absolute Gasteiger partial charge is 0.497 e. The number of rotatable bonds is 6. The molecular weight excluding hydrogens is 403 g/mol. The van der Waals surface area contributed by atoms with Crippen LogP contribution < -0.4 is 9.64 Å². The van der Waals surface area contributed by atoms with E-state index < -0.39 is 5.82 Å². The molecule has 0 aromatic heterocycles. The number of nitrogens with zero attached hydrogens (tertiary/aromatic N) is 2. The number of amides is 1. The molecule has 1 amide bonds. The predicted octanol–water partition coefficient (Wildman–Crippen LogP) is 5.45. The summed E-state index contributed by atoms with van der Waals surface area (Å²) >= 11 is 0. The molecule has 0 spiro atoms. The SMILES string of the molecule is COc1ccc(CN2CCC(N(C(=O)c3ccccc3F)c3cccc(C)c3)CC2)cc1. The lowest BCUT2D eigenvalue weighted by Gasteiger charge is -2.39. The van der Waals surface area contributed by atoms with Crippen LogP contribution in [-0.2, 0) is 6.54 Å². The topological polar surface area (TPSA) is 32.8 Å². The number of carbonyl (C=O) groups is 1. The Hall–Kier alpha value is -3.18. The van der Waals surface area contributed by atoms with Crippen LogP contribution in [0.3, 0.4) is 0 Å². The van der Waals surface area contributed by atoms with Crippen LogP contribution in [0.2, 0.25) is 0 Å². The second-order valence-corrected chi connectivity index (χ2v) is 8.35. The minimum atomic E-state index is -0.480. The average Bonchev–Trinajstić information content (AvgIpc) is 2.81. The van der Waals surface area contributed by atoms with E-state index in [1.165, 1.54) is 11.6 Å². The van der Waals surface area contributed by atoms with Crippen molar-refractivity contribution in [2.75, 3.05) is 25.1 Å². The Labute approximate surface area is 189 Å². The number of methoxy groups -OCH3 is 1. The van der Waals surface area contributed by atoms with Crippen molar-refractivity contribution in [3.8, 4) is 5.75 Å². The smallest absolute Gasteiger partial charge is 0.261 e. The number of hydrogen-bond acceptors (Lipinski definition) is 3. The Kier molecular flexibility index (Phi) is 6.86. The van der Waals surface area contributed by atoms with Gasteiger partial charge in [0.1, 0.15) is 11.6 Å². The number of halogens is 1. The van der Waals surface area contributed by atoms with Crippen molar-refractivity contribution in [2.45, 2.75) is 32.4 Å². The van der Waals surface area contributed by atoms with Gasteiger partial charge in [0.15, 0.2) is 0 Å². The molecule has 3 aromatic rings. The van der Waals surface area contributed by atoms with Crippen LogP contribution in [0.4, 0.5) is 10.1 Å². The lowest BCUT2D eigenvalue weighted by atomic mass is 9.99. The van der Waals surface area contributed by atoms with Gasteiger partial charge in [0.25, 0.3) is 5.91 Å². The molecule has 32 heavy (non-hydrogen) atoms. The summed E-state index contributed by atoms with van der Waals surface area (Å²) in [4.78, 5) is 17.7. The van der Waals surface area contributed by atoms with Crippen molar-refractivity contribution < 1.29 is 13.9 Å². The zero-order valence-electron chi connectivity index (χ0n) is 18.6. The van der Waals surface area contributed by atoms with Gasteiger partial charge in [0.05, 0.1) is 12.7 Å². The van der Waals surface area contributed by atoms with Crippen LogP contribution in [0.1, 0.15) is 34.3 Å². The molecule has 166 valence electrons. The number of ether oxygens (including phenoxy) is 1. The minimum absolute atomic E-state index is 0.0241. The maximum absolute atomic E-state index is 14.5. The van der Waals surface area contributed by atoms with Gasteiger partial charge in [0.2, 0.25) is 0 Å². The average molecular weight is 433 g/mol. The highest BCUT2D eigenvalue weighted by Gasteiger charge is 2.31. The minimum Gasteiger partial charge on any atom is -0.497 e. The quantitative estimate of drug-likeness (QED) is 0.519. The summed E-state index contributed by atoms with van der Waals surface area (Å²) in [5, 5.41) is 0. The van der Waals surface area contributed by atoms with Gasteiger partial charge in [-0.1, -0.05) is 36.4 Å². The zero-order chi connectivity index (χ0) is 22.5. The van der Waals surface area contributed by atoms with Gasteiger partial charge in [0, 0.05) is 31.4 Å². The molecule has 4 rings (SSSR count). The highest BCUT2D eigenvalue weighted by molar-refractivity contribution is 6.06. The Morgan fingerprint density at radius 1 is 1.03 bits per heavy atom. The molecule has 3 aromatic carbocycles. The van der Waals surface area contributed by atoms with E-state index in [2.05, 4.69) is 17.0 Å². The molecule has 0 aliphatic carbocycles. The molecule has 1 aliphatic heterocycles. The van der Waals surface area contributed by atoms with E-state index in [4.69, 9.17) is 4.74 Å². The number of benzene rings is 3. The third-order valence-corrected chi connectivity index (χ3v) is 6.09. The summed E-state index contributed by atoms with van der Waals surface area (Å²) in [5.41, 5.74) is 3.26. The first-order chi connectivity index (χ1) is 15.5. The van der Waals surface area contributed by atoms with E-state index in [9.17, 15) is 9.18 Å². The molecule has 1 fully saturated rings. The van der Waals surface area contributed by atoms with Crippen LogP contribution in [0.15, 0.2) is 72.8 Å². The van der Waals surface area contributed by atoms with Gasteiger partial charge in [-0.05, 0) is 67.3 Å². The Balaban J connectivity index is 1.51. The summed E-state index contributed by atoms with van der Waals surface area (Å²) < 4.78 is 19.7. The number of piperidine rings is 1. The molecule has 1 heterocycles. The van der Waals surface area contributed by atoms with E-state index in [1.54, 1.807) is 30.2 Å². The number of anilines is 1. The lowest BCUT2D eigenvalue weighted by Crippen LogP contribution is -2.47. The van der Waals surface area contributed by atoms with Gasteiger partial charge in [-0.2, -0.15) is 0 Å². The lowest BCUT2D eigenvalue weighted by molar-refractivity contribution is 0.0954. The Morgan fingerprint density at radius 3 is 2.41 bits per heavy atom. The van der Waals surface area contributed by atoms with E-state index >= 15 is 0 Å². The molecule has 1 aliphatic rings. The molecule has 1 saturated heterocycles. The monoisotopic (exact) mass is 432 g/mol. The third-order valence-electron chi connectivity index (χ3n) is 6.09. The molecule has 0 bridgehead atoms. The van der Waals surface area contributed by atoms with Crippen molar-refractivity contribution in [2.24, 2.45) is 0 Å². The molecule has 0 N–H and O–H groups in total. The van der Waals surface area contributed by atoms with E-state index in [-0.39, 0.29) is 17.5 Å². The summed E-state index contributed by atoms with van der Waals surface area (Å²) in [6, 6.07) is 22.3. The van der Waals surface area contributed by atoms with E-state index in [0.29, 0.717) is 0 Å².